The molecular formula is C32H24F4N2O. The Bertz CT molecular complexity index is 1300. The van der Waals surface area contributed by atoms with Crippen molar-refractivity contribution in [1.29, 1.82) is 0 Å². The van der Waals surface area contributed by atoms with Crippen molar-refractivity contribution in [3.8, 4) is 0 Å². The Balaban J connectivity index is 1.44. The van der Waals surface area contributed by atoms with Gasteiger partial charge in [0, 0.05) is 24.2 Å². The third kappa shape index (κ3) is 3.83. The average molecular weight is 529 g/mol. The van der Waals surface area contributed by atoms with Crippen LogP contribution in [0.1, 0.15) is 46.4 Å². The van der Waals surface area contributed by atoms with Gasteiger partial charge in [0.1, 0.15) is 29.1 Å². The van der Waals surface area contributed by atoms with Crippen molar-refractivity contribution in [2.45, 2.75) is 24.2 Å². The Labute approximate surface area is 223 Å². The number of halogens is 4. The lowest BCUT2D eigenvalue weighted by Gasteiger charge is -2.67. The van der Waals surface area contributed by atoms with Gasteiger partial charge >= 0.3 is 0 Å². The van der Waals surface area contributed by atoms with E-state index in [0.717, 1.165) is 22.3 Å². The number of nitrogens with zero attached hydrogens (tertiary/aromatic N) is 2. The highest BCUT2D eigenvalue weighted by molar-refractivity contribution is 5.89. The molecule has 3 nitrogen and oxygen atoms in total. The number of carbonyl (C=O) groups is 1. The number of benzene rings is 4. The van der Waals surface area contributed by atoms with Crippen molar-refractivity contribution in [3.63, 3.8) is 0 Å². The van der Waals surface area contributed by atoms with E-state index in [1.54, 1.807) is 48.5 Å². The van der Waals surface area contributed by atoms with Crippen molar-refractivity contribution in [2.75, 3.05) is 6.67 Å². The second-order valence-electron chi connectivity index (χ2n) is 10.6. The lowest BCUT2D eigenvalue weighted by atomic mass is 9.60. The first kappa shape index (κ1) is 24.2. The average Bonchev–Trinajstić information content (AvgIpc) is 2.94. The molecule has 4 aromatic rings. The highest BCUT2D eigenvalue weighted by Crippen LogP contribution is 2.64. The van der Waals surface area contributed by atoms with E-state index in [4.69, 9.17) is 0 Å². The van der Waals surface area contributed by atoms with Crippen LogP contribution in [-0.2, 0) is 4.79 Å². The predicted molar refractivity (Wildman–Crippen MR) is 137 cm³/mol. The first-order chi connectivity index (χ1) is 18.9. The van der Waals surface area contributed by atoms with Crippen LogP contribution in [-0.4, -0.2) is 22.3 Å². The molecule has 39 heavy (non-hydrogen) atoms. The van der Waals surface area contributed by atoms with Crippen LogP contribution in [0.15, 0.2) is 97.1 Å². The normalized spacial score (nSPS) is 31.0. The molecule has 2 unspecified atom stereocenters. The highest BCUT2D eigenvalue weighted by Gasteiger charge is 2.65. The van der Waals surface area contributed by atoms with Gasteiger partial charge in [-0.15, -0.1) is 0 Å². The number of hydrogen-bond acceptors (Lipinski definition) is 3. The second kappa shape index (κ2) is 9.14. The van der Waals surface area contributed by atoms with Gasteiger partial charge in [-0.3, -0.25) is 14.6 Å². The van der Waals surface area contributed by atoms with Crippen molar-refractivity contribution in [3.05, 3.63) is 143 Å². The lowest BCUT2D eigenvalue weighted by molar-refractivity contribution is -0.208. The minimum atomic E-state index is -0.506. The first-order valence-corrected chi connectivity index (χ1v) is 13.0. The van der Waals surface area contributed by atoms with Gasteiger partial charge < -0.3 is 0 Å². The van der Waals surface area contributed by atoms with Gasteiger partial charge in [0.15, 0.2) is 0 Å². The molecule has 0 aromatic heterocycles. The number of carbonyl (C=O) groups excluding carboxylic acids is 1. The molecule has 4 fully saturated rings. The van der Waals surface area contributed by atoms with Crippen molar-refractivity contribution >= 4 is 5.78 Å². The lowest BCUT2D eigenvalue weighted by Crippen LogP contribution is -2.69. The number of ketones is 1. The van der Waals surface area contributed by atoms with E-state index in [0.29, 0.717) is 6.67 Å². The Kier molecular flexibility index (Phi) is 5.68. The smallest absolute Gasteiger partial charge is 0.146 e. The maximum absolute atomic E-state index is 14.6. The van der Waals surface area contributed by atoms with Crippen LogP contribution in [0.25, 0.3) is 0 Å². The Morgan fingerprint density at radius 1 is 0.436 bits per heavy atom. The number of hydrogen-bond donors (Lipinski definition) is 0. The zero-order valence-corrected chi connectivity index (χ0v) is 20.7. The summed E-state index contributed by atoms with van der Waals surface area (Å²) in [6.07, 6.45) is 0. The zero-order chi connectivity index (χ0) is 26.8. The third-order valence-electron chi connectivity index (χ3n) is 8.62. The van der Waals surface area contributed by atoms with E-state index < -0.39 is 11.8 Å². The number of rotatable bonds is 4. The summed E-state index contributed by atoms with van der Waals surface area (Å²) < 4.78 is 55.7. The largest absolute Gasteiger partial charge is 0.299 e. The molecule has 6 atom stereocenters. The summed E-state index contributed by atoms with van der Waals surface area (Å²) in [6.45, 7) is 0.453. The topological polar surface area (TPSA) is 23.6 Å². The van der Waals surface area contributed by atoms with Crippen LogP contribution in [0.5, 0.6) is 0 Å². The Hall–Kier alpha value is -3.81. The third-order valence-corrected chi connectivity index (χ3v) is 8.62. The molecule has 8 rings (SSSR count). The summed E-state index contributed by atoms with van der Waals surface area (Å²) >= 11 is 0. The quantitative estimate of drug-likeness (QED) is 0.269. The van der Waals surface area contributed by atoms with Crippen LogP contribution in [0.3, 0.4) is 0 Å². The zero-order valence-electron chi connectivity index (χ0n) is 20.7. The maximum atomic E-state index is 14.6. The summed E-state index contributed by atoms with van der Waals surface area (Å²) in [7, 11) is 0. The fourth-order valence-electron chi connectivity index (χ4n) is 7.14. The highest BCUT2D eigenvalue weighted by atomic mass is 19.1. The molecule has 0 spiro atoms. The number of piperidine rings is 2. The Morgan fingerprint density at radius 3 is 0.897 bits per heavy atom. The van der Waals surface area contributed by atoms with E-state index in [-0.39, 0.29) is 53.2 Å². The molecule has 4 bridgehead atoms. The van der Waals surface area contributed by atoms with E-state index in [1.165, 1.54) is 48.5 Å². The fourth-order valence-corrected chi connectivity index (χ4v) is 7.14. The summed E-state index contributed by atoms with van der Waals surface area (Å²) in [4.78, 5) is 19.1. The van der Waals surface area contributed by atoms with Crippen molar-refractivity contribution < 1.29 is 22.4 Å². The molecule has 0 amide bonds. The molecular weight excluding hydrogens is 504 g/mol. The number of Topliss-reactive ketones (excluding diaryl/α,β-unsaturated/α-hetero) is 1. The van der Waals surface area contributed by atoms with E-state index in [2.05, 4.69) is 9.80 Å². The molecule has 7 heteroatoms. The van der Waals surface area contributed by atoms with Crippen LogP contribution < -0.4 is 0 Å². The molecule has 0 N–H and O–H groups in total. The van der Waals surface area contributed by atoms with Gasteiger partial charge in [0.05, 0.1) is 18.5 Å². The van der Waals surface area contributed by atoms with Crippen molar-refractivity contribution in [1.82, 2.24) is 9.80 Å². The molecule has 0 radical (unpaired) electrons. The minimum absolute atomic E-state index is 0.0366. The monoisotopic (exact) mass is 528 g/mol. The molecule has 196 valence electrons. The standard InChI is InChI=1S/C32H24F4N2O/c33-22-9-1-18(2-10-22)28-26-29(19-3-11-23(34)12-4-19)38-17-37(28)30(20-5-13-24(35)14-6-20)27(32(26)39)31(38)21-7-15-25(36)16-8-21/h1-16,26-31H,17H2/t26?,27?,28-,29-,30+,31+. The van der Waals surface area contributed by atoms with Crippen molar-refractivity contribution in [2.24, 2.45) is 11.8 Å². The van der Waals surface area contributed by atoms with Gasteiger partial charge in [-0.25, -0.2) is 17.6 Å². The van der Waals surface area contributed by atoms with Crippen LogP contribution in [0.2, 0.25) is 0 Å². The van der Waals surface area contributed by atoms with Crippen LogP contribution in [0, 0.1) is 35.1 Å². The van der Waals surface area contributed by atoms with Crippen LogP contribution in [0.4, 0.5) is 17.6 Å². The summed E-state index contributed by atoms with van der Waals surface area (Å²) in [6, 6.07) is 23.4. The summed E-state index contributed by atoms with van der Waals surface area (Å²) in [5.41, 5.74) is 3.25. The van der Waals surface area contributed by atoms with E-state index in [1.807, 2.05) is 0 Å². The maximum Gasteiger partial charge on any atom is 0.146 e. The van der Waals surface area contributed by atoms with Gasteiger partial charge in [-0.05, 0) is 70.8 Å². The first-order valence-electron chi connectivity index (χ1n) is 13.0. The Morgan fingerprint density at radius 2 is 0.667 bits per heavy atom. The molecule has 0 saturated carbocycles. The van der Waals surface area contributed by atoms with Gasteiger partial charge in [-0.2, -0.15) is 0 Å². The fraction of sp³-hybridized carbons (Fsp3) is 0.219. The van der Waals surface area contributed by atoms with E-state index in [9.17, 15) is 22.4 Å². The molecule has 4 heterocycles. The summed E-state index contributed by atoms with van der Waals surface area (Å²) in [5, 5.41) is 0. The van der Waals surface area contributed by atoms with Gasteiger partial charge in [-0.1, -0.05) is 48.5 Å². The molecule has 0 aliphatic carbocycles. The minimum Gasteiger partial charge on any atom is -0.299 e. The molecule has 4 aliphatic rings. The predicted octanol–water partition coefficient (Wildman–Crippen LogP) is 6.91. The van der Waals surface area contributed by atoms with Crippen LogP contribution >= 0.6 is 0 Å². The second-order valence-corrected chi connectivity index (χ2v) is 10.6. The van der Waals surface area contributed by atoms with Gasteiger partial charge in [0.25, 0.3) is 0 Å². The van der Waals surface area contributed by atoms with Gasteiger partial charge in [0.2, 0.25) is 0 Å². The molecule has 4 aromatic carbocycles. The molecule has 4 saturated heterocycles. The SMILES string of the molecule is O=C1C2[C@@H](c3ccc(F)cc3)N3CN([C@@H]2c2ccc(F)cc2)[C@@H](c2ccc(F)cc2)C1[C@@H]3c1ccc(F)cc1. The van der Waals surface area contributed by atoms with E-state index >= 15 is 0 Å². The summed E-state index contributed by atoms with van der Waals surface area (Å²) in [5.74, 6) is -2.44. The molecule has 4 aliphatic heterocycles.